The van der Waals surface area contributed by atoms with Crippen LogP contribution in [0, 0.1) is 5.41 Å². The monoisotopic (exact) mass is 349 g/mol. The Morgan fingerprint density at radius 1 is 1.12 bits per heavy atom. The summed E-state index contributed by atoms with van der Waals surface area (Å²) in [7, 11) is 0. The summed E-state index contributed by atoms with van der Waals surface area (Å²) in [5, 5.41) is 18.2. The van der Waals surface area contributed by atoms with Crippen molar-refractivity contribution in [2.75, 3.05) is 12.3 Å². The molecule has 0 atom stereocenters. The molecule has 0 bridgehead atoms. The number of pyridine rings is 1. The number of nitrogens with zero attached hydrogens (tertiary/aromatic N) is 1. The van der Waals surface area contributed by atoms with E-state index in [1.807, 2.05) is 32.0 Å². The Kier molecular flexibility index (Phi) is 5.19. The maximum atomic E-state index is 9.53. The summed E-state index contributed by atoms with van der Waals surface area (Å²) in [6, 6.07) is 10.7. The van der Waals surface area contributed by atoms with E-state index in [0.717, 1.165) is 45.3 Å². The number of nitrogens with one attached hydrogen (secondary N) is 1. The van der Waals surface area contributed by atoms with Crippen molar-refractivity contribution in [3.05, 3.63) is 53.1 Å². The van der Waals surface area contributed by atoms with Gasteiger partial charge in [-0.3, -0.25) is 0 Å². The third kappa shape index (κ3) is 3.02. The predicted molar refractivity (Wildman–Crippen MR) is 106 cm³/mol. The average molecular weight is 349 g/mol. The molecule has 5 heteroatoms. The van der Waals surface area contributed by atoms with E-state index in [1.165, 1.54) is 6.21 Å². The average Bonchev–Trinajstić information content (AvgIpc) is 2.69. The fourth-order valence-corrected chi connectivity index (χ4v) is 3.31. The first-order valence-electron chi connectivity index (χ1n) is 8.80. The molecule has 1 aromatic heterocycles. The Morgan fingerprint density at radius 2 is 1.85 bits per heavy atom. The van der Waals surface area contributed by atoms with Crippen LogP contribution in [0.15, 0.2) is 36.4 Å². The van der Waals surface area contributed by atoms with E-state index in [9.17, 15) is 5.11 Å². The highest BCUT2D eigenvalue weighted by molar-refractivity contribution is 6.05. The zero-order valence-electron chi connectivity index (χ0n) is 15.0. The maximum Gasteiger partial charge on any atom is 0.115 e. The highest BCUT2D eigenvalue weighted by Crippen LogP contribution is 2.36. The van der Waals surface area contributed by atoms with Crippen LogP contribution in [0.4, 0.5) is 5.69 Å². The zero-order valence-corrected chi connectivity index (χ0v) is 15.0. The van der Waals surface area contributed by atoms with Crippen molar-refractivity contribution in [1.29, 1.82) is 5.41 Å². The number of ether oxygens (including phenoxy) is 1. The number of nitrogen functional groups attached to an aromatic ring is 1. The molecule has 26 heavy (non-hydrogen) atoms. The van der Waals surface area contributed by atoms with Crippen LogP contribution in [0.5, 0.6) is 5.75 Å². The molecule has 2 aromatic carbocycles. The molecule has 3 aromatic rings. The van der Waals surface area contributed by atoms with Crippen LogP contribution in [0.25, 0.3) is 22.2 Å². The van der Waals surface area contributed by atoms with Crippen LogP contribution >= 0.6 is 0 Å². The molecule has 0 saturated carbocycles. The second-order valence-corrected chi connectivity index (χ2v) is 5.87. The highest BCUT2D eigenvalue weighted by atomic mass is 16.5. The molecule has 5 nitrogen and oxygen atoms in total. The first kappa shape index (κ1) is 17.9. The number of phenolic OH excluding ortho intramolecular Hbond substituents is 1. The summed E-state index contributed by atoms with van der Waals surface area (Å²) in [5.41, 5.74) is 12.2. The van der Waals surface area contributed by atoms with E-state index in [4.69, 9.17) is 20.9 Å². The molecule has 0 unspecified atom stereocenters. The Labute approximate surface area is 153 Å². The topological polar surface area (TPSA) is 92.2 Å². The molecule has 0 aliphatic carbocycles. The van der Waals surface area contributed by atoms with Crippen molar-refractivity contribution < 1.29 is 9.84 Å². The van der Waals surface area contributed by atoms with Gasteiger partial charge in [0.05, 0.1) is 24.4 Å². The molecule has 4 rings (SSSR count). The summed E-state index contributed by atoms with van der Waals surface area (Å²) < 4.78 is 5.66. The van der Waals surface area contributed by atoms with Crippen LogP contribution in [0.1, 0.15) is 30.5 Å². The van der Waals surface area contributed by atoms with Crippen molar-refractivity contribution >= 4 is 22.8 Å². The lowest BCUT2D eigenvalue weighted by Gasteiger charge is -2.23. The van der Waals surface area contributed by atoms with Crippen LogP contribution in [-0.4, -0.2) is 22.9 Å². The summed E-state index contributed by atoms with van der Waals surface area (Å²) in [5.74, 6) is 0.225. The Morgan fingerprint density at radius 3 is 2.54 bits per heavy atom. The van der Waals surface area contributed by atoms with E-state index in [0.29, 0.717) is 18.9 Å². The zero-order chi connectivity index (χ0) is 18.7. The number of benzene rings is 2. The lowest BCUT2D eigenvalue weighted by Crippen LogP contribution is -2.14. The van der Waals surface area contributed by atoms with Crippen LogP contribution in [0.2, 0.25) is 0 Å². The van der Waals surface area contributed by atoms with Gasteiger partial charge in [-0.05, 0) is 48.4 Å². The quantitative estimate of drug-likeness (QED) is 0.475. The number of hydrogen-bond acceptors (Lipinski definition) is 5. The molecule has 2 heterocycles. The van der Waals surface area contributed by atoms with Gasteiger partial charge in [0.15, 0.2) is 0 Å². The fourth-order valence-electron chi connectivity index (χ4n) is 3.31. The molecule has 0 fully saturated rings. The smallest absolute Gasteiger partial charge is 0.115 e. The molecule has 1 aliphatic heterocycles. The van der Waals surface area contributed by atoms with Crippen molar-refractivity contribution in [1.82, 2.24) is 4.98 Å². The van der Waals surface area contributed by atoms with Gasteiger partial charge in [-0.15, -0.1) is 0 Å². The van der Waals surface area contributed by atoms with Crippen molar-refractivity contribution in [3.8, 4) is 17.0 Å². The van der Waals surface area contributed by atoms with Crippen LogP contribution in [0.3, 0.4) is 0 Å². The van der Waals surface area contributed by atoms with Gasteiger partial charge in [0.2, 0.25) is 0 Å². The second kappa shape index (κ2) is 7.54. The number of aromatic nitrogens is 1. The summed E-state index contributed by atoms with van der Waals surface area (Å²) in [6.07, 6.45) is 2.07. The summed E-state index contributed by atoms with van der Waals surface area (Å²) >= 11 is 0. The first-order valence-corrected chi connectivity index (χ1v) is 8.80. The van der Waals surface area contributed by atoms with Crippen molar-refractivity contribution in [2.45, 2.75) is 26.9 Å². The van der Waals surface area contributed by atoms with Crippen LogP contribution in [-0.2, 0) is 17.8 Å². The minimum Gasteiger partial charge on any atom is -0.508 e. The number of aromatic hydroxyl groups is 1. The number of hydrogen-bond donors (Lipinski definition) is 3. The molecule has 0 amide bonds. The fraction of sp³-hybridized carbons (Fsp3) is 0.238. The lowest BCUT2D eigenvalue weighted by molar-refractivity contribution is 0.111. The molecular weight excluding hydrogens is 326 g/mol. The minimum absolute atomic E-state index is 0.225. The Hall–Kier alpha value is -2.92. The van der Waals surface area contributed by atoms with E-state index in [1.54, 1.807) is 18.2 Å². The van der Waals surface area contributed by atoms with E-state index >= 15 is 0 Å². The molecule has 1 aliphatic rings. The van der Waals surface area contributed by atoms with E-state index in [-0.39, 0.29) is 5.75 Å². The molecule has 0 spiro atoms. The van der Waals surface area contributed by atoms with E-state index in [2.05, 4.69) is 0 Å². The SMILES string of the molecule is CC.N=Cc1c(N)ccc2nc(-c3ccc(O)cc3)c3c(c12)CCOC3. The third-order valence-corrected chi connectivity index (χ3v) is 4.47. The molecule has 0 saturated heterocycles. The lowest BCUT2D eigenvalue weighted by atomic mass is 9.91. The maximum absolute atomic E-state index is 9.53. The van der Waals surface area contributed by atoms with Gasteiger partial charge in [0.25, 0.3) is 0 Å². The minimum atomic E-state index is 0.225. The van der Waals surface area contributed by atoms with Gasteiger partial charge in [-0.2, -0.15) is 0 Å². The number of fused-ring (bicyclic) bond motifs is 3. The molecular formula is C21H23N3O2. The number of anilines is 1. The Balaban J connectivity index is 0.000000948. The number of phenols is 1. The van der Waals surface area contributed by atoms with Gasteiger partial charge in [0, 0.05) is 34.0 Å². The Bertz CT molecular complexity index is 950. The second-order valence-electron chi connectivity index (χ2n) is 5.87. The molecule has 4 N–H and O–H groups in total. The normalized spacial score (nSPS) is 12.8. The molecule has 134 valence electrons. The van der Waals surface area contributed by atoms with Gasteiger partial charge >= 0.3 is 0 Å². The van der Waals surface area contributed by atoms with E-state index < -0.39 is 0 Å². The van der Waals surface area contributed by atoms with Gasteiger partial charge in [-0.1, -0.05) is 13.8 Å². The highest BCUT2D eigenvalue weighted by Gasteiger charge is 2.21. The first-order chi connectivity index (χ1) is 12.7. The largest absolute Gasteiger partial charge is 0.508 e. The van der Waals surface area contributed by atoms with Crippen LogP contribution < -0.4 is 5.73 Å². The van der Waals surface area contributed by atoms with Gasteiger partial charge < -0.3 is 21.0 Å². The molecule has 0 radical (unpaired) electrons. The van der Waals surface area contributed by atoms with Crippen molar-refractivity contribution in [3.63, 3.8) is 0 Å². The standard InChI is InChI=1S/C19H17N3O2.C2H6/c20-9-14-16(21)5-6-17-18(14)13-7-8-24-10-15(13)19(22-17)11-1-3-12(23)4-2-11;1-2/h1-6,9,20,23H,7-8,10,21H2;1-2H3. The summed E-state index contributed by atoms with van der Waals surface area (Å²) in [6.45, 7) is 5.13. The number of rotatable bonds is 2. The third-order valence-electron chi connectivity index (χ3n) is 4.47. The van der Waals surface area contributed by atoms with Crippen molar-refractivity contribution in [2.24, 2.45) is 0 Å². The van der Waals surface area contributed by atoms with Gasteiger partial charge in [-0.25, -0.2) is 4.98 Å². The number of nitrogens with two attached hydrogens (primary N) is 1. The summed E-state index contributed by atoms with van der Waals surface area (Å²) in [4.78, 5) is 4.82. The predicted octanol–water partition coefficient (Wildman–Crippen LogP) is 4.29. The van der Waals surface area contributed by atoms with Gasteiger partial charge in [0.1, 0.15) is 5.75 Å².